The SMILES string of the molecule is CCn1nc(C)cc1CC(O)(CC)c1cccc(Br)c1. The van der Waals surface area contributed by atoms with Gasteiger partial charge in [-0.3, -0.25) is 4.68 Å². The number of benzene rings is 1. The maximum atomic E-state index is 11.0. The largest absolute Gasteiger partial charge is 0.385 e. The molecule has 0 saturated heterocycles. The van der Waals surface area contributed by atoms with E-state index in [0.717, 1.165) is 28.0 Å². The molecule has 2 aromatic rings. The molecule has 2 rings (SSSR count). The molecule has 1 unspecified atom stereocenters. The lowest BCUT2D eigenvalue weighted by atomic mass is 9.86. The van der Waals surface area contributed by atoms with Crippen LogP contribution in [0.15, 0.2) is 34.8 Å². The molecule has 0 aliphatic rings. The highest BCUT2D eigenvalue weighted by Crippen LogP contribution is 2.31. The molecule has 0 aliphatic heterocycles. The van der Waals surface area contributed by atoms with E-state index in [0.29, 0.717) is 12.8 Å². The monoisotopic (exact) mass is 336 g/mol. The van der Waals surface area contributed by atoms with Crippen LogP contribution in [0.2, 0.25) is 0 Å². The van der Waals surface area contributed by atoms with E-state index in [-0.39, 0.29) is 0 Å². The molecule has 3 nitrogen and oxygen atoms in total. The molecule has 20 heavy (non-hydrogen) atoms. The average Bonchev–Trinajstić information content (AvgIpc) is 2.78. The molecule has 0 bridgehead atoms. The number of hydrogen-bond donors (Lipinski definition) is 1. The van der Waals surface area contributed by atoms with Gasteiger partial charge in [0.25, 0.3) is 0 Å². The Kier molecular flexibility index (Phi) is 4.66. The Morgan fingerprint density at radius 2 is 2.05 bits per heavy atom. The zero-order valence-corrected chi connectivity index (χ0v) is 13.8. The zero-order valence-electron chi connectivity index (χ0n) is 12.2. The van der Waals surface area contributed by atoms with Crippen molar-refractivity contribution in [2.24, 2.45) is 0 Å². The van der Waals surface area contributed by atoms with Crippen LogP contribution in [0.4, 0.5) is 0 Å². The Bertz CT molecular complexity index is 594. The molecule has 1 heterocycles. The Balaban J connectivity index is 2.36. The van der Waals surface area contributed by atoms with Crippen LogP contribution in [0.1, 0.15) is 37.2 Å². The first kappa shape index (κ1) is 15.3. The molecule has 0 aliphatic carbocycles. The van der Waals surface area contributed by atoms with Crippen molar-refractivity contribution in [2.45, 2.75) is 45.8 Å². The normalized spacial score (nSPS) is 14.2. The summed E-state index contributed by atoms with van der Waals surface area (Å²) in [5.74, 6) is 0. The van der Waals surface area contributed by atoms with Gasteiger partial charge in [-0.15, -0.1) is 0 Å². The van der Waals surface area contributed by atoms with E-state index < -0.39 is 5.60 Å². The first-order valence-corrected chi connectivity index (χ1v) is 7.79. The smallest absolute Gasteiger partial charge is 0.0949 e. The van der Waals surface area contributed by atoms with Gasteiger partial charge in [0, 0.05) is 23.1 Å². The second kappa shape index (κ2) is 6.10. The van der Waals surface area contributed by atoms with E-state index in [2.05, 4.69) is 34.0 Å². The third-order valence-corrected chi connectivity index (χ3v) is 4.20. The Hall–Kier alpha value is -1.13. The number of hydrogen-bond acceptors (Lipinski definition) is 2. The van der Waals surface area contributed by atoms with Crippen molar-refractivity contribution >= 4 is 15.9 Å². The molecule has 0 amide bonds. The fraction of sp³-hybridized carbons (Fsp3) is 0.438. The summed E-state index contributed by atoms with van der Waals surface area (Å²) in [6.07, 6.45) is 1.24. The molecule has 0 radical (unpaired) electrons. The average molecular weight is 337 g/mol. The summed E-state index contributed by atoms with van der Waals surface area (Å²) in [4.78, 5) is 0. The van der Waals surface area contributed by atoms with E-state index in [1.165, 1.54) is 0 Å². The van der Waals surface area contributed by atoms with Gasteiger partial charge in [-0.2, -0.15) is 5.10 Å². The third-order valence-electron chi connectivity index (χ3n) is 3.71. The molecular formula is C16H21BrN2O. The molecule has 1 atom stereocenters. The molecule has 4 heteroatoms. The van der Waals surface area contributed by atoms with E-state index >= 15 is 0 Å². The second-order valence-electron chi connectivity index (χ2n) is 5.17. The molecule has 108 valence electrons. The topological polar surface area (TPSA) is 38.0 Å². The second-order valence-corrected chi connectivity index (χ2v) is 6.08. The van der Waals surface area contributed by atoms with Gasteiger partial charge in [0.1, 0.15) is 0 Å². The van der Waals surface area contributed by atoms with Crippen LogP contribution in [-0.4, -0.2) is 14.9 Å². The van der Waals surface area contributed by atoms with Gasteiger partial charge >= 0.3 is 0 Å². The zero-order chi connectivity index (χ0) is 14.8. The minimum absolute atomic E-state index is 0.578. The molecule has 0 fully saturated rings. The summed E-state index contributed by atoms with van der Waals surface area (Å²) < 4.78 is 2.95. The fourth-order valence-corrected chi connectivity index (χ4v) is 2.92. The molecule has 0 spiro atoms. The lowest BCUT2D eigenvalue weighted by Gasteiger charge is -2.28. The van der Waals surface area contributed by atoms with E-state index in [4.69, 9.17) is 0 Å². The van der Waals surface area contributed by atoms with Crippen LogP contribution in [0.25, 0.3) is 0 Å². The first-order chi connectivity index (χ1) is 9.48. The molecule has 0 saturated carbocycles. The summed E-state index contributed by atoms with van der Waals surface area (Å²) >= 11 is 3.47. The van der Waals surface area contributed by atoms with Crippen molar-refractivity contribution in [1.29, 1.82) is 0 Å². The van der Waals surface area contributed by atoms with E-state index in [1.54, 1.807) is 0 Å². The fourth-order valence-electron chi connectivity index (χ4n) is 2.52. The number of halogens is 1. The number of aromatic nitrogens is 2. The summed E-state index contributed by atoms with van der Waals surface area (Å²) in [6, 6.07) is 9.96. The Labute approximate surface area is 128 Å². The standard InChI is InChI=1S/C16H21BrN2O/c1-4-16(20,13-7-6-8-14(17)10-13)11-15-9-12(3)18-19(15)5-2/h6-10,20H,4-5,11H2,1-3H3. The highest BCUT2D eigenvalue weighted by atomic mass is 79.9. The van der Waals surface area contributed by atoms with Crippen LogP contribution in [0.3, 0.4) is 0 Å². The van der Waals surface area contributed by atoms with Gasteiger partial charge in [-0.25, -0.2) is 0 Å². The van der Waals surface area contributed by atoms with Gasteiger partial charge in [0.15, 0.2) is 0 Å². The van der Waals surface area contributed by atoms with Crippen LogP contribution in [-0.2, 0) is 18.6 Å². The number of aryl methyl sites for hydroxylation is 2. The first-order valence-electron chi connectivity index (χ1n) is 7.00. The predicted molar refractivity (Wildman–Crippen MR) is 84.7 cm³/mol. The van der Waals surface area contributed by atoms with Crippen LogP contribution < -0.4 is 0 Å². The van der Waals surface area contributed by atoms with Gasteiger partial charge in [0.2, 0.25) is 0 Å². The van der Waals surface area contributed by atoms with Crippen molar-refractivity contribution in [3.05, 3.63) is 51.8 Å². The summed E-state index contributed by atoms with van der Waals surface area (Å²) in [5, 5.41) is 15.5. The highest BCUT2D eigenvalue weighted by molar-refractivity contribution is 9.10. The highest BCUT2D eigenvalue weighted by Gasteiger charge is 2.29. The number of rotatable bonds is 5. The third kappa shape index (κ3) is 3.13. The van der Waals surface area contributed by atoms with Crippen molar-refractivity contribution in [1.82, 2.24) is 9.78 Å². The quantitative estimate of drug-likeness (QED) is 0.901. The molecule has 1 aromatic heterocycles. The van der Waals surface area contributed by atoms with Gasteiger partial charge in [-0.05, 0) is 44.0 Å². The minimum atomic E-state index is -0.858. The predicted octanol–water partition coefficient (Wildman–Crippen LogP) is 3.81. The lowest BCUT2D eigenvalue weighted by molar-refractivity contribution is 0.0306. The molecule has 1 aromatic carbocycles. The molecular weight excluding hydrogens is 316 g/mol. The Morgan fingerprint density at radius 3 is 2.65 bits per heavy atom. The number of aliphatic hydroxyl groups is 1. The maximum absolute atomic E-state index is 11.0. The summed E-state index contributed by atoms with van der Waals surface area (Å²) in [5.41, 5.74) is 2.16. The lowest BCUT2D eigenvalue weighted by Crippen LogP contribution is -2.29. The van der Waals surface area contributed by atoms with Crippen LogP contribution in [0.5, 0.6) is 0 Å². The maximum Gasteiger partial charge on any atom is 0.0949 e. The van der Waals surface area contributed by atoms with E-state index in [9.17, 15) is 5.11 Å². The van der Waals surface area contributed by atoms with Crippen LogP contribution >= 0.6 is 15.9 Å². The summed E-state index contributed by atoms with van der Waals surface area (Å²) in [6.45, 7) is 6.89. The van der Waals surface area contributed by atoms with Crippen molar-refractivity contribution in [2.75, 3.05) is 0 Å². The minimum Gasteiger partial charge on any atom is -0.385 e. The van der Waals surface area contributed by atoms with Crippen molar-refractivity contribution in [3.63, 3.8) is 0 Å². The Morgan fingerprint density at radius 1 is 1.30 bits per heavy atom. The van der Waals surface area contributed by atoms with Gasteiger partial charge in [0.05, 0.1) is 11.3 Å². The summed E-state index contributed by atoms with van der Waals surface area (Å²) in [7, 11) is 0. The van der Waals surface area contributed by atoms with Crippen molar-refractivity contribution < 1.29 is 5.11 Å². The molecule has 1 N–H and O–H groups in total. The van der Waals surface area contributed by atoms with Gasteiger partial charge in [-0.1, -0.05) is 35.0 Å². The van der Waals surface area contributed by atoms with Crippen molar-refractivity contribution in [3.8, 4) is 0 Å². The number of nitrogens with zero attached hydrogens (tertiary/aromatic N) is 2. The van der Waals surface area contributed by atoms with E-state index in [1.807, 2.05) is 42.8 Å². The van der Waals surface area contributed by atoms with Gasteiger partial charge < -0.3 is 5.11 Å². The van der Waals surface area contributed by atoms with Crippen LogP contribution in [0, 0.1) is 6.92 Å².